The van der Waals surface area contributed by atoms with Crippen molar-refractivity contribution in [2.45, 2.75) is 25.1 Å². The number of benzene rings is 2. The molecule has 2 aromatic rings. The SMILES string of the molecule is N#Cc1ccc(N[C@H]2CCc3ccccc32)cc1C(F)(F)F. The lowest BCUT2D eigenvalue weighted by Gasteiger charge is -2.17. The van der Waals surface area contributed by atoms with Gasteiger partial charge in [-0.15, -0.1) is 0 Å². The largest absolute Gasteiger partial charge is 0.417 e. The van der Waals surface area contributed by atoms with Gasteiger partial charge in [-0.3, -0.25) is 0 Å². The first-order chi connectivity index (χ1) is 10.5. The van der Waals surface area contributed by atoms with Crippen LogP contribution in [0.2, 0.25) is 0 Å². The molecule has 0 unspecified atom stereocenters. The van der Waals surface area contributed by atoms with Crippen LogP contribution in [0, 0.1) is 11.3 Å². The molecular weight excluding hydrogens is 289 g/mol. The minimum atomic E-state index is -4.53. The summed E-state index contributed by atoms with van der Waals surface area (Å²) in [6.07, 6.45) is -2.77. The lowest BCUT2D eigenvalue weighted by molar-refractivity contribution is -0.137. The summed E-state index contributed by atoms with van der Waals surface area (Å²) >= 11 is 0. The fraction of sp³-hybridized carbons (Fsp3) is 0.235. The minimum absolute atomic E-state index is 0.00483. The molecule has 0 bridgehead atoms. The van der Waals surface area contributed by atoms with Crippen molar-refractivity contribution in [1.29, 1.82) is 5.26 Å². The predicted octanol–water partition coefficient (Wildman–Crippen LogP) is 4.68. The van der Waals surface area contributed by atoms with Crippen LogP contribution in [0.4, 0.5) is 18.9 Å². The van der Waals surface area contributed by atoms with Crippen molar-refractivity contribution in [3.8, 4) is 6.07 Å². The van der Waals surface area contributed by atoms with Crippen LogP contribution in [0.1, 0.15) is 34.7 Å². The number of hydrogen-bond acceptors (Lipinski definition) is 2. The molecule has 2 nitrogen and oxygen atoms in total. The smallest absolute Gasteiger partial charge is 0.378 e. The van der Waals surface area contributed by atoms with Gasteiger partial charge in [0.05, 0.1) is 23.2 Å². The molecule has 1 N–H and O–H groups in total. The number of nitriles is 1. The lowest BCUT2D eigenvalue weighted by Crippen LogP contribution is -2.11. The van der Waals surface area contributed by atoms with Crippen LogP contribution in [0.25, 0.3) is 0 Å². The summed E-state index contributed by atoms with van der Waals surface area (Å²) in [5.74, 6) is 0. The summed E-state index contributed by atoms with van der Waals surface area (Å²) in [6.45, 7) is 0. The lowest BCUT2D eigenvalue weighted by atomic mass is 10.1. The van der Waals surface area contributed by atoms with E-state index in [-0.39, 0.29) is 11.6 Å². The Balaban J connectivity index is 1.90. The van der Waals surface area contributed by atoms with Crippen molar-refractivity contribution in [2.75, 3.05) is 5.32 Å². The first kappa shape index (κ1) is 14.5. The highest BCUT2D eigenvalue weighted by atomic mass is 19.4. The number of fused-ring (bicyclic) bond motifs is 1. The molecule has 0 saturated heterocycles. The number of halogens is 3. The molecule has 5 heteroatoms. The van der Waals surface area contributed by atoms with Crippen molar-refractivity contribution >= 4 is 5.69 Å². The Morgan fingerprint density at radius 1 is 1.14 bits per heavy atom. The van der Waals surface area contributed by atoms with Crippen LogP contribution in [-0.2, 0) is 12.6 Å². The van der Waals surface area contributed by atoms with Crippen LogP contribution in [0.5, 0.6) is 0 Å². The van der Waals surface area contributed by atoms with Gasteiger partial charge in [0.25, 0.3) is 0 Å². The van der Waals surface area contributed by atoms with E-state index in [1.165, 1.54) is 17.7 Å². The highest BCUT2D eigenvalue weighted by molar-refractivity contribution is 5.55. The molecule has 112 valence electrons. The molecule has 0 aliphatic heterocycles. The van der Waals surface area contributed by atoms with E-state index >= 15 is 0 Å². The van der Waals surface area contributed by atoms with Crippen molar-refractivity contribution in [3.63, 3.8) is 0 Å². The van der Waals surface area contributed by atoms with Crippen molar-refractivity contribution in [2.24, 2.45) is 0 Å². The van der Waals surface area contributed by atoms with E-state index in [1.807, 2.05) is 24.3 Å². The Labute approximate surface area is 126 Å². The van der Waals surface area contributed by atoms with E-state index in [4.69, 9.17) is 5.26 Å². The Kier molecular flexibility index (Phi) is 3.53. The zero-order valence-electron chi connectivity index (χ0n) is 11.6. The average Bonchev–Trinajstić information content (AvgIpc) is 2.90. The van der Waals surface area contributed by atoms with Crippen LogP contribution >= 0.6 is 0 Å². The maximum Gasteiger partial charge on any atom is 0.417 e. The summed E-state index contributed by atoms with van der Waals surface area (Å²) in [4.78, 5) is 0. The number of nitrogens with one attached hydrogen (secondary N) is 1. The summed E-state index contributed by atoms with van der Waals surface area (Å²) in [5.41, 5.74) is 1.48. The summed E-state index contributed by atoms with van der Waals surface area (Å²) < 4.78 is 39.0. The normalized spacial score (nSPS) is 16.9. The minimum Gasteiger partial charge on any atom is -0.378 e. The summed E-state index contributed by atoms with van der Waals surface area (Å²) in [6, 6.07) is 13.3. The standard InChI is InChI=1S/C17H13F3N2/c18-17(19,20)15-9-13(7-5-12(15)10-21)22-16-8-6-11-3-1-2-4-14(11)16/h1-5,7,9,16,22H,6,8H2/t16-/m0/s1. The van der Waals surface area contributed by atoms with E-state index in [0.717, 1.165) is 24.5 Å². The third-order valence-corrected chi connectivity index (χ3v) is 3.92. The first-order valence-corrected chi connectivity index (χ1v) is 6.95. The van der Waals surface area contributed by atoms with E-state index in [1.54, 1.807) is 6.07 Å². The van der Waals surface area contributed by atoms with Gasteiger partial charge in [0.2, 0.25) is 0 Å². The first-order valence-electron chi connectivity index (χ1n) is 6.95. The number of alkyl halides is 3. The van der Waals surface area contributed by atoms with Crippen LogP contribution < -0.4 is 5.32 Å². The Hall–Kier alpha value is -2.48. The molecule has 0 fully saturated rings. The predicted molar refractivity (Wildman–Crippen MR) is 77.3 cm³/mol. The van der Waals surface area contributed by atoms with Gasteiger partial charge in [-0.2, -0.15) is 18.4 Å². The summed E-state index contributed by atoms with van der Waals surface area (Å²) in [5, 5.41) is 12.0. The van der Waals surface area contributed by atoms with Gasteiger partial charge in [0.1, 0.15) is 0 Å². The molecular formula is C17H13F3N2. The van der Waals surface area contributed by atoms with E-state index in [9.17, 15) is 13.2 Å². The van der Waals surface area contributed by atoms with Crippen molar-refractivity contribution in [1.82, 2.24) is 0 Å². The van der Waals surface area contributed by atoms with Gasteiger partial charge in [0.15, 0.2) is 0 Å². The maximum atomic E-state index is 13.0. The second kappa shape index (κ2) is 5.38. The molecule has 22 heavy (non-hydrogen) atoms. The van der Waals surface area contributed by atoms with E-state index in [0.29, 0.717) is 5.69 Å². The number of rotatable bonds is 2. The second-order valence-corrected chi connectivity index (χ2v) is 5.30. The Morgan fingerprint density at radius 2 is 1.91 bits per heavy atom. The third kappa shape index (κ3) is 2.64. The number of aryl methyl sites for hydroxylation is 1. The molecule has 1 atom stereocenters. The van der Waals surface area contributed by atoms with E-state index < -0.39 is 11.7 Å². The third-order valence-electron chi connectivity index (χ3n) is 3.92. The number of anilines is 1. The fourth-order valence-corrected chi connectivity index (χ4v) is 2.87. The average molecular weight is 302 g/mol. The summed E-state index contributed by atoms with van der Waals surface area (Å²) in [7, 11) is 0. The number of nitrogens with zero attached hydrogens (tertiary/aromatic N) is 1. The monoisotopic (exact) mass is 302 g/mol. The van der Waals surface area contributed by atoms with Gasteiger partial charge in [-0.05, 0) is 42.2 Å². The maximum absolute atomic E-state index is 13.0. The highest BCUT2D eigenvalue weighted by Crippen LogP contribution is 2.37. The second-order valence-electron chi connectivity index (χ2n) is 5.30. The van der Waals surface area contributed by atoms with Crippen molar-refractivity contribution in [3.05, 3.63) is 64.7 Å². The molecule has 0 aromatic heterocycles. The molecule has 3 rings (SSSR count). The molecule has 0 spiro atoms. The van der Waals surface area contributed by atoms with Crippen LogP contribution in [-0.4, -0.2) is 0 Å². The van der Waals surface area contributed by atoms with Gasteiger partial charge < -0.3 is 5.32 Å². The zero-order chi connectivity index (χ0) is 15.7. The zero-order valence-corrected chi connectivity index (χ0v) is 11.6. The van der Waals surface area contributed by atoms with Gasteiger partial charge >= 0.3 is 6.18 Å². The molecule has 0 radical (unpaired) electrons. The molecule has 2 aromatic carbocycles. The molecule has 0 amide bonds. The molecule has 0 heterocycles. The van der Waals surface area contributed by atoms with Gasteiger partial charge in [-0.1, -0.05) is 24.3 Å². The van der Waals surface area contributed by atoms with Crippen LogP contribution in [0.3, 0.4) is 0 Å². The highest BCUT2D eigenvalue weighted by Gasteiger charge is 2.34. The van der Waals surface area contributed by atoms with Gasteiger partial charge in [0, 0.05) is 5.69 Å². The van der Waals surface area contributed by atoms with Crippen LogP contribution in [0.15, 0.2) is 42.5 Å². The fourth-order valence-electron chi connectivity index (χ4n) is 2.87. The quantitative estimate of drug-likeness (QED) is 0.874. The molecule has 1 aliphatic rings. The van der Waals surface area contributed by atoms with E-state index in [2.05, 4.69) is 5.32 Å². The number of hydrogen-bond donors (Lipinski definition) is 1. The van der Waals surface area contributed by atoms with Crippen molar-refractivity contribution < 1.29 is 13.2 Å². The van der Waals surface area contributed by atoms with Gasteiger partial charge in [-0.25, -0.2) is 0 Å². The molecule has 1 aliphatic carbocycles. The molecule has 0 saturated carbocycles. The Morgan fingerprint density at radius 3 is 2.64 bits per heavy atom. The topological polar surface area (TPSA) is 35.8 Å². The Bertz CT molecular complexity index is 744.